The minimum absolute atomic E-state index is 0.214. The predicted octanol–water partition coefficient (Wildman–Crippen LogP) is 4.17. The number of halogens is 2. The van der Waals surface area contributed by atoms with Crippen molar-refractivity contribution in [1.29, 1.82) is 0 Å². The quantitative estimate of drug-likeness (QED) is 0.630. The van der Waals surface area contributed by atoms with E-state index in [-0.39, 0.29) is 18.3 Å². The molecule has 0 aliphatic heterocycles. The van der Waals surface area contributed by atoms with Gasteiger partial charge in [-0.1, -0.05) is 23.2 Å². The van der Waals surface area contributed by atoms with Crippen molar-refractivity contribution in [3.05, 3.63) is 69.9 Å². The van der Waals surface area contributed by atoms with Crippen molar-refractivity contribution >= 4 is 29.1 Å². The Bertz CT molecular complexity index is 883. The molecule has 0 radical (unpaired) electrons. The summed E-state index contributed by atoms with van der Waals surface area (Å²) in [7, 11) is 3.46. The van der Waals surface area contributed by atoms with Crippen molar-refractivity contribution in [1.82, 2.24) is 14.7 Å². The summed E-state index contributed by atoms with van der Waals surface area (Å²) in [5.41, 5.74) is 0.750. The molecule has 8 heteroatoms. The van der Waals surface area contributed by atoms with Gasteiger partial charge in [0.15, 0.2) is 5.76 Å². The summed E-state index contributed by atoms with van der Waals surface area (Å²) in [5.74, 6) is 1.21. The van der Waals surface area contributed by atoms with Crippen LogP contribution in [0.15, 0.2) is 47.0 Å². The van der Waals surface area contributed by atoms with Crippen LogP contribution in [-0.4, -0.2) is 27.6 Å². The lowest BCUT2D eigenvalue weighted by Gasteiger charge is -2.16. The first kappa shape index (κ1) is 18.4. The minimum Gasteiger partial charge on any atom is -0.486 e. The number of benzene rings is 1. The molecule has 0 saturated carbocycles. The Hall–Kier alpha value is -2.44. The Morgan fingerprint density at radius 1 is 1.23 bits per heavy atom. The normalized spacial score (nSPS) is 10.8. The van der Waals surface area contributed by atoms with Gasteiger partial charge in [0.25, 0.3) is 5.91 Å². The van der Waals surface area contributed by atoms with E-state index >= 15 is 0 Å². The summed E-state index contributed by atoms with van der Waals surface area (Å²) >= 11 is 11.9. The van der Waals surface area contributed by atoms with Crippen molar-refractivity contribution in [2.24, 2.45) is 7.05 Å². The molecule has 2 heterocycles. The molecule has 0 spiro atoms. The first-order chi connectivity index (χ1) is 12.4. The lowest BCUT2D eigenvalue weighted by atomic mass is 10.3. The molecule has 6 nitrogen and oxygen atoms in total. The molecule has 1 amide bonds. The van der Waals surface area contributed by atoms with Crippen LogP contribution in [0, 0.1) is 0 Å². The highest BCUT2D eigenvalue weighted by Crippen LogP contribution is 2.19. The van der Waals surface area contributed by atoms with Gasteiger partial charge in [0.2, 0.25) is 0 Å². The fourth-order valence-electron chi connectivity index (χ4n) is 2.35. The van der Waals surface area contributed by atoms with Crippen molar-refractivity contribution in [3.8, 4) is 5.75 Å². The van der Waals surface area contributed by atoms with Gasteiger partial charge in [0, 0.05) is 19.1 Å². The van der Waals surface area contributed by atoms with Crippen LogP contribution in [0.3, 0.4) is 0 Å². The second kappa shape index (κ2) is 7.85. The molecule has 0 bridgehead atoms. The van der Waals surface area contributed by atoms with Gasteiger partial charge >= 0.3 is 0 Å². The molecule has 3 rings (SSSR count). The van der Waals surface area contributed by atoms with Gasteiger partial charge in [-0.25, -0.2) is 0 Å². The van der Waals surface area contributed by atoms with E-state index in [9.17, 15) is 4.79 Å². The molecule has 0 unspecified atom stereocenters. The number of rotatable bonds is 6. The van der Waals surface area contributed by atoms with Crippen LogP contribution < -0.4 is 4.74 Å². The number of hydrogen-bond acceptors (Lipinski definition) is 4. The lowest BCUT2D eigenvalue weighted by molar-refractivity contribution is 0.0746. The van der Waals surface area contributed by atoms with Crippen molar-refractivity contribution < 1.29 is 13.9 Å². The molecule has 0 atom stereocenters. The molecule has 0 aliphatic rings. The van der Waals surface area contributed by atoms with Crippen molar-refractivity contribution in [2.75, 3.05) is 7.05 Å². The van der Waals surface area contributed by atoms with Crippen LogP contribution in [0.5, 0.6) is 5.75 Å². The molecule has 26 heavy (non-hydrogen) atoms. The van der Waals surface area contributed by atoms with Crippen LogP contribution in [0.4, 0.5) is 0 Å². The highest BCUT2D eigenvalue weighted by molar-refractivity contribution is 6.31. The lowest BCUT2D eigenvalue weighted by Crippen LogP contribution is -2.27. The molecule has 0 N–H and O–H groups in total. The number of aromatic nitrogens is 2. The van der Waals surface area contributed by atoms with Gasteiger partial charge in [-0.15, -0.1) is 0 Å². The van der Waals surface area contributed by atoms with Crippen LogP contribution >= 0.6 is 23.2 Å². The smallest absolute Gasteiger partial charge is 0.289 e. The van der Waals surface area contributed by atoms with E-state index in [1.54, 1.807) is 61.4 Å². The van der Waals surface area contributed by atoms with Gasteiger partial charge in [0.05, 0.1) is 23.5 Å². The molecular formula is C18H17Cl2N3O3. The monoisotopic (exact) mass is 393 g/mol. The number of amides is 1. The molecule has 0 saturated heterocycles. The molecule has 0 fully saturated rings. The molecule has 0 aliphatic carbocycles. The number of ether oxygens (including phenoxy) is 1. The highest BCUT2D eigenvalue weighted by Gasteiger charge is 2.19. The Labute approximate surface area is 160 Å². The van der Waals surface area contributed by atoms with Crippen LogP contribution in [0.2, 0.25) is 10.0 Å². The molecule has 2 aromatic heterocycles. The average molecular weight is 394 g/mol. The maximum atomic E-state index is 12.5. The standard InChI is InChI=1S/C18H17Cl2N3O3/c1-22(10-16-15(20)9-21-23(16)2)18(24)17-8-7-14(26-17)11-25-13-5-3-12(19)4-6-13/h3-9H,10-11H2,1-2H3. The minimum atomic E-state index is -0.250. The SMILES string of the molecule is CN(Cc1c(Cl)cnn1C)C(=O)c1ccc(COc2ccc(Cl)cc2)o1. The molecule has 3 aromatic rings. The third-order valence-electron chi connectivity index (χ3n) is 3.81. The zero-order valence-corrected chi connectivity index (χ0v) is 15.8. The van der Waals surface area contributed by atoms with Crippen LogP contribution in [0.25, 0.3) is 0 Å². The van der Waals surface area contributed by atoms with E-state index in [4.69, 9.17) is 32.4 Å². The van der Waals surface area contributed by atoms with Gasteiger partial charge in [-0.3, -0.25) is 9.48 Å². The molecule has 136 valence electrons. The largest absolute Gasteiger partial charge is 0.486 e. The average Bonchev–Trinajstić information content (AvgIpc) is 3.22. The van der Waals surface area contributed by atoms with E-state index in [0.29, 0.717) is 28.1 Å². The van der Waals surface area contributed by atoms with Gasteiger partial charge in [-0.2, -0.15) is 5.10 Å². The van der Waals surface area contributed by atoms with E-state index in [1.807, 2.05) is 0 Å². The molecular weight excluding hydrogens is 377 g/mol. The van der Waals surface area contributed by atoms with E-state index in [0.717, 1.165) is 5.69 Å². The Kier molecular flexibility index (Phi) is 5.54. The fourth-order valence-corrected chi connectivity index (χ4v) is 2.71. The number of nitrogens with zero attached hydrogens (tertiary/aromatic N) is 3. The topological polar surface area (TPSA) is 60.5 Å². The fraction of sp³-hybridized carbons (Fsp3) is 0.222. The third kappa shape index (κ3) is 4.20. The van der Waals surface area contributed by atoms with Crippen LogP contribution in [0.1, 0.15) is 22.0 Å². The summed E-state index contributed by atoms with van der Waals surface area (Å²) in [5, 5.41) is 5.22. The van der Waals surface area contributed by atoms with Gasteiger partial charge in [0.1, 0.15) is 18.1 Å². The number of aryl methyl sites for hydroxylation is 1. The maximum absolute atomic E-state index is 12.5. The summed E-state index contributed by atoms with van der Waals surface area (Å²) in [6, 6.07) is 10.4. The number of carbonyl (C=O) groups is 1. The third-order valence-corrected chi connectivity index (χ3v) is 4.38. The van der Waals surface area contributed by atoms with E-state index in [1.165, 1.54) is 4.90 Å². The highest BCUT2D eigenvalue weighted by atomic mass is 35.5. The Morgan fingerprint density at radius 3 is 2.62 bits per heavy atom. The van der Waals surface area contributed by atoms with Crippen molar-refractivity contribution in [3.63, 3.8) is 0 Å². The van der Waals surface area contributed by atoms with Crippen molar-refractivity contribution in [2.45, 2.75) is 13.2 Å². The summed E-state index contributed by atoms with van der Waals surface area (Å²) in [4.78, 5) is 14.0. The Morgan fingerprint density at radius 2 is 1.96 bits per heavy atom. The van der Waals surface area contributed by atoms with Gasteiger partial charge in [-0.05, 0) is 36.4 Å². The predicted molar refractivity (Wildman–Crippen MR) is 98.5 cm³/mol. The number of hydrogen-bond donors (Lipinski definition) is 0. The second-order valence-electron chi connectivity index (χ2n) is 5.73. The second-order valence-corrected chi connectivity index (χ2v) is 6.58. The van der Waals surface area contributed by atoms with Crippen LogP contribution in [-0.2, 0) is 20.2 Å². The zero-order chi connectivity index (χ0) is 18.7. The van der Waals surface area contributed by atoms with Gasteiger partial charge < -0.3 is 14.1 Å². The van der Waals surface area contributed by atoms with E-state index in [2.05, 4.69) is 5.10 Å². The Balaban J connectivity index is 1.61. The first-order valence-electron chi connectivity index (χ1n) is 7.83. The summed E-state index contributed by atoms with van der Waals surface area (Å²) < 4.78 is 12.8. The maximum Gasteiger partial charge on any atom is 0.289 e. The zero-order valence-electron chi connectivity index (χ0n) is 14.3. The van der Waals surface area contributed by atoms with E-state index < -0.39 is 0 Å². The molecule has 1 aromatic carbocycles. The summed E-state index contributed by atoms with van der Waals surface area (Å²) in [6.07, 6.45) is 1.55. The first-order valence-corrected chi connectivity index (χ1v) is 8.58. The summed E-state index contributed by atoms with van der Waals surface area (Å²) in [6.45, 7) is 0.539. The number of furan rings is 1. The number of carbonyl (C=O) groups excluding carboxylic acids is 1.